The van der Waals surface area contributed by atoms with Gasteiger partial charge in [-0.3, -0.25) is 14.4 Å². The second-order valence-corrected chi connectivity index (χ2v) is 22.7. The van der Waals surface area contributed by atoms with Gasteiger partial charge in [-0.1, -0.05) is 303 Å². The Morgan fingerprint density at radius 3 is 0.744 bits per heavy atom. The van der Waals surface area contributed by atoms with Crippen LogP contribution in [0.3, 0.4) is 0 Å². The number of ether oxygens (including phenoxy) is 3. The molecule has 0 rings (SSSR count). The SMILES string of the molecule is CC/C=C\C/C=C\C/C=C\C/C=C\CCCCCCCCCCCCCCCCC(=O)OCC(COC(=O)CCCCCCC/C=C\C/C=C\CCCC)OC(=O)CCCCCCCCCCCC/C=C\C/C=C\C/C=C\C/C=C\CC. The van der Waals surface area contributed by atoms with E-state index in [0.29, 0.717) is 19.3 Å². The maximum absolute atomic E-state index is 13.0. The Hall–Kier alpha value is -4.19. The summed E-state index contributed by atoms with van der Waals surface area (Å²) in [4.78, 5) is 38.4. The number of carbonyl (C=O) groups is 3. The van der Waals surface area contributed by atoms with Crippen LogP contribution in [0.2, 0.25) is 0 Å². The lowest BCUT2D eigenvalue weighted by Gasteiger charge is -2.18. The van der Waals surface area contributed by atoms with E-state index < -0.39 is 6.10 Å². The van der Waals surface area contributed by atoms with E-state index in [2.05, 4.69) is 142 Å². The first-order valence-corrected chi connectivity index (χ1v) is 34.5. The third kappa shape index (κ3) is 66.6. The van der Waals surface area contributed by atoms with Gasteiger partial charge in [0.25, 0.3) is 0 Å². The third-order valence-corrected chi connectivity index (χ3v) is 14.7. The Kier molecular flexibility index (Phi) is 65.8. The van der Waals surface area contributed by atoms with Gasteiger partial charge in [-0.2, -0.15) is 0 Å². The van der Waals surface area contributed by atoms with Crippen LogP contribution in [0.15, 0.2) is 122 Å². The topological polar surface area (TPSA) is 78.9 Å². The Morgan fingerprint density at radius 1 is 0.256 bits per heavy atom. The van der Waals surface area contributed by atoms with Crippen LogP contribution >= 0.6 is 0 Å². The molecule has 0 heterocycles. The van der Waals surface area contributed by atoms with Gasteiger partial charge >= 0.3 is 17.9 Å². The third-order valence-electron chi connectivity index (χ3n) is 14.7. The van der Waals surface area contributed by atoms with Crippen LogP contribution in [-0.4, -0.2) is 37.2 Å². The monoisotopic (exact) mass is 1140 g/mol. The minimum atomic E-state index is -0.791. The van der Waals surface area contributed by atoms with Crippen molar-refractivity contribution in [3.63, 3.8) is 0 Å². The summed E-state index contributed by atoms with van der Waals surface area (Å²) in [5.41, 5.74) is 0. The second-order valence-electron chi connectivity index (χ2n) is 22.7. The molecule has 1 atom stereocenters. The summed E-state index contributed by atoms with van der Waals surface area (Å²) in [6.45, 7) is 6.39. The van der Waals surface area contributed by atoms with Crippen LogP contribution in [0, 0.1) is 0 Å². The zero-order valence-electron chi connectivity index (χ0n) is 53.7. The smallest absolute Gasteiger partial charge is 0.306 e. The van der Waals surface area contributed by atoms with Crippen molar-refractivity contribution in [3.8, 4) is 0 Å². The molecule has 0 aromatic rings. The first kappa shape index (κ1) is 77.8. The van der Waals surface area contributed by atoms with E-state index in [0.717, 1.165) is 135 Å². The molecular weight excluding hydrogens is 1010 g/mol. The lowest BCUT2D eigenvalue weighted by Crippen LogP contribution is -2.30. The fraction of sp³-hybridized carbons (Fsp3) is 0.697. The summed E-state index contributed by atoms with van der Waals surface area (Å²) in [5.74, 6) is -0.894. The number of hydrogen-bond acceptors (Lipinski definition) is 6. The van der Waals surface area contributed by atoms with E-state index in [-0.39, 0.29) is 31.1 Å². The van der Waals surface area contributed by atoms with Gasteiger partial charge in [0, 0.05) is 19.3 Å². The molecule has 0 aliphatic carbocycles. The Bertz CT molecular complexity index is 1690. The summed E-state index contributed by atoms with van der Waals surface area (Å²) in [6, 6.07) is 0. The molecule has 0 N–H and O–H groups in total. The van der Waals surface area contributed by atoms with E-state index in [9.17, 15) is 14.4 Å². The number of hydrogen-bond donors (Lipinski definition) is 0. The molecule has 0 aromatic heterocycles. The first-order chi connectivity index (χ1) is 40.5. The van der Waals surface area contributed by atoms with Crippen molar-refractivity contribution in [2.45, 2.75) is 329 Å². The number of allylic oxidation sites excluding steroid dienone is 20. The molecule has 0 aliphatic heterocycles. The van der Waals surface area contributed by atoms with Crippen molar-refractivity contribution in [1.29, 1.82) is 0 Å². The quantitative estimate of drug-likeness (QED) is 0.0261. The highest BCUT2D eigenvalue weighted by Crippen LogP contribution is 2.17. The van der Waals surface area contributed by atoms with Crippen molar-refractivity contribution in [2.75, 3.05) is 13.2 Å². The van der Waals surface area contributed by atoms with Gasteiger partial charge in [-0.05, 0) is 122 Å². The van der Waals surface area contributed by atoms with Gasteiger partial charge in [-0.25, -0.2) is 0 Å². The van der Waals surface area contributed by atoms with Gasteiger partial charge in [0.2, 0.25) is 0 Å². The molecule has 0 aromatic carbocycles. The van der Waals surface area contributed by atoms with Crippen LogP contribution in [0.1, 0.15) is 323 Å². The highest BCUT2D eigenvalue weighted by molar-refractivity contribution is 5.71. The Balaban J connectivity index is 4.32. The van der Waals surface area contributed by atoms with Crippen LogP contribution in [0.5, 0.6) is 0 Å². The number of carbonyl (C=O) groups excluding carboxylic acids is 3. The predicted molar refractivity (Wildman–Crippen MR) is 357 cm³/mol. The van der Waals surface area contributed by atoms with Gasteiger partial charge in [0.05, 0.1) is 0 Å². The minimum Gasteiger partial charge on any atom is -0.462 e. The average Bonchev–Trinajstić information content (AvgIpc) is 3.48. The summed E-state index contributed by atoms with van der Waals surface area (Å²) in [6.07, 6.45) is 96.4. The Labute approximate surface area is 507 Å². The number of unbranched alkanes of at least 4 members (excludes halogenated alkanes) is 31. The molecule has 0 fully saturated rings. The largest absolute Gasteiger partial charge is 0.462 e. The zero-order valence-corrected chi connectivity index (χ0v) is 53.7. The van der Waals surface area contributed by atoms with E-state index in [1.54, 1.807) is 0 Å². The van der Waals surface area contributed by atoms with Gasteiger partial charge < -0.3 is 14.2 Å². The maximum Gasteiger partial charge on any atom is 0.306 e. The average molecular weight is 1140 g/mol. The molecule has 0 aliphatic rings. The highest BCUT2D eigenvalue weighted by atomic mass is 16.6. The molecule has 0 radical (unpaired) electrons. The molecule has 0 spiro atoms. The molecule has 6 heteroatoms. The van der Waals surface area contributed by atoms with Gasteiger partial charge in [0.15, 0.2) is 6.10 Å². The molecular formula is C76H128O6. The predicted octanol–water partition coefficient (Wildman–Crippen LogP) is 23.9. The Morgan fingerprint density at radius 2 is 0.476 bits per heavy atom. The molecule has 0 saturated carbocycles. The summed E-state index contributed by atoms with van der Waals surface area (Å²) in [7, 11) is 0. The molecule has 6 nitrogen and oxygen atoms in total. The summed E-state index contributed by atoms with van der Waals surface area (Å²) >= 11 is 0. The maximum atomic E-state index is 13.0. The second kappa shape index (κ2) is 69.3. The lowest BCUT2D eigenvalue weighted by molar-refractivity contribution is -0.167. The van der Waals surface area contributed by atoms with E-state index in [1.165, 1.54) is 148 Å². The van der Waals surface area contributed by atoms with Crippen LogP contribution in [0.4, 0.5) is 0 Å². The van der Waals surface area contributed by atoms with Crippen molar-refractivity contribution in [3.05, 3.63) is 122 Å². The normalized spacial score (nSPS) is 12.9. The van der Waals surface area contributed by atoms with Gasteiger partial charge in [-0.15, -0.1) is 0 Å². The van der Waals surface area contributed by atoms with Crippen molar-refractivity contribution in [2.24, 2.45) is 0 Å². The van der Waals surface area contributed by atoms with E-state index in [4.69, 9.17) is 14.2 Å². The molecule has 0 saturated heterocycles. The zero-order chi connectivity index (χ0) is 59.2. The number of esters is 3. The van der Waals surface area contributed by atoms with Crippen molar-refractivity contribution in [1.82, 2.24) is 0 Å². The fourth-order valence-electron chi connectivity index (χ4n) is 9.56. The lowest BCUT2D eigenvalue weighted by atomic mass is 10.0. The van der Waals surface area contributed by atoms with E-state index >= 15 is 0 Å². The van der Waals surface area contributed by atoms with Crippen LogP contribution in [-0.2, 0) is 28.6 Å². The van der Waals surface area contributed by atoms with E-state index in [1.807, 2.05) is 0 Å². The van der Waals surface area contributed by atoms with Gasteiger partial charge in [0.1, 0.15) is 13.2 Å². The summed E-state index contributed by atoms with van der Waals surface area (Å²) < 4.78 is 17.0. The summed E-state index contributed by atoms with van der Waals surface area (Å²) in [5, 5.41) is 0. The molecule has 0 amide bonds. The van der Waals surface area contributed by atoms with Crippen molar-refractivity contribution >= 4 is 17.9 Å². The minimum absolute atomic E-state index is 0.0848. The van der Waals surface area contributed by atoms with Crippen molar-refractivity contribution < 1.29 is 28.6 Å². The molecule has 0 bridgehead atoms. The van der Waals surface area contributed by atoms with Crippen LogP contribution in [0.25, 0.3) is 0 Å². The molecule has 82 heavy (non-hydrogen) atoms. The molecule has 468 valence electrons. The standard InChI is InChI=1S/C76H128O6/c1-4-7-10-13-16-19-22-25-28-30-32-34-36-37-38-39-41-42-44-46-48-51-54-57-60-63-66-69-75(78)81-72-73(71-80-74(77)68-65-62-59-56-53-50-27-24-21-18-15-12-9-6-3)82-76(79)70-67-64-61-58-55-52-49-47-45-43-40-35-33-31-29-26-23-20-17-14-11-8-5-2/h7-8,10-11,15-20,24-29,32-35,73H,4-6,9,12-14,21-23,30-31,36-72H2,1-3H3/b10-7-,11-8-,18-15-,19-16-,20-17-,27-24-,28-25-,29-26-,34-32-,35-33-. The first-order valence-electron chi connectivity index (χ1n) is 34.5. The number of rotatable bonds is 62. The van der Waals surface area contributed by atoms with Crippen LogP contribution < -0.4 is 0 Å². The highest BCUT2D eigenvalue weighted by Gasteiger charge is 2.19. The fourth-order valence-corrected chi connectivity index (χ4v) is 9.56. The molecule has 1 unspecified atom stereocenters.